The number of amides is 1. The SMILES string of the molecule is COc1ccc(OC)c(-c2cnc(C3CC(=O)N(C(C)C)C3)[nH]2)c1. The van der Waals surface area contributed by atoms with E-state index in [1.807, 2.05) is 36.9 Å². The van der Waals surface area contributed by atoms with Crippen LogP contribution >= 0.6 is 0 Å². The van der Waals surface area contributed by atoms with E-state index < -0.39 is 0 Å². The average molecular weight is 329 g/mol. The zero-order chi connectivity index (χ0) is 17.3. The van der Waals surface area contributed by atoms with Gasteiger partial charge in [-0.15, -0.1) is 0 Å². The molecule has 6 heteroatoms. The van der Waals surface area contributed by atoms with Crippen LogP contribution in [0.2, 0.25) is 0 Å². The van der Waals surface area contributed by atoms with Crippen LogP contribution in [-0.4, -0.2) is 47.6 Å². The van der Waals surface area contributed by atoms with Crippen LogP contribution in [0, 0.1) is 0 Å². The summed E-state index contributed by atoms with van der Waals surface area (Å²) in [7, 11) is 3.27. The lowest BCUT2D eigenvalue weighted by atomic mass is 10.1. The Morgan fingerprint density at radius 1 is 1.29 bits per heavy atom. The van der Waals surface area contributed by atoms with Gasteiger partial charge >= 0.3 is 0 Å². The third-order valence-electron chi connectivity index (χ3n) is 4.46. The van der Waals surface area contributed by atoms with Gasteiger partial charge in [-0.3, -0.25) is 4.79 Å². The van der Waals surface area contributed by atoms with E-state index in [0.717, 1.165) is 28.6 Å². The second-order valence-corrected chi connectivity index (χ2v) is 6.29. The summed E-state index contributed by atoms with van der Waals surface area (Å²) in [5, 5.41) is 0. The van der Waals surface area contributed by atoms with Gasteiger partial charge in [-0.1, -0.05) is 0 Å². The van der Waals surface area contributed by atoms with E-state index in [1.54, 1.807) is 20.4 Å². The Bertz CT molecular complexity index is 739. The fraction of sp³-hybridized carbons (Fsp3) is 0.444. The molecule has 0 spiro atoms. The molecule has 1 aliphatic heterocycles. The van der Waals surface area contributed by atoms with Gasteiger partial charge < -0.3 is 19.4 Å². The smallest absolute Gasteiger partial charge is 0.223 e. The molecule has 24 heavy (non-hydrogen) atoms. The zero-order valence-corrected chi connectivity index (χ0v) is 14.5. The van der Waals surface area contributed by atoms with Crippen LogP contribution in [0.1, 0.15) is 32.0 Å². The van der Waals surface area contributed by atoms with Gasteiger partial charge in [-0.2, -0.15) is 0 Å². The number of hydrogen-bond donors (Lipinski definition) is 1. The minimum absolute atomic E-state index is 0.102. The number of aromatic amines is 1. The number of rotatable bonds is 5. The van der Waals surface area contributed by atoms with Crippen molar-refractivity contribution >= 4 is 5.91 Å². The minimum atomic E-state index is 0.102. The van der Waals surface area contributed by atoms with Crippen LogP contribution in [0.4, 0.5) is 0 Å². The highest BCUT2D eigenvalue weighted by Gasteiger charge is 2.33. The molecule has 1 unspecified atom stereocenters. The van der Waals surface area contributed by atoms with Gasteiger partial charge in [0, 0.05) is 30.5 Å². The molecule has 0 radical (unpaired) electrons. The van der Waals surface area contributed by atoms with Crippen molar-refractivity contribution in [2.24, 2.45) is 0 Å². The second kappa shape index (κ2) is 6.55. The number of hydrogen-bond acceptors (Lipinski definition) is 4. The predicted molar refractivity (Wildman–Crippen MR) is 91.3 cm³/mol. The highest BCUT2D eigenvalue weighted by atomic mass is 16.5. The van der Waals surface area contributed by atoms with Crippen molar-refractivity contribution < 1.29 is 14.3 Å². The first-order valence-corrected chi connectivity index (χ1v) is 8.10. The van der Waals surface area contributed by atoms with Gasteiger partial charge in [-0.25, -0.2) is 4.98 Å². The second-order valence-electron chi connectivity index (χ2n) is 6.29. The van der Waals surface area contributed by atoms with Gasteiger partial charge in [-0.05, 0) is 32.0 Å². The summed E-state index contributed by atoms with van der Waals surface area (Å²) in [6, 6.07) is 5.86. The first kappa shape index (κ1) is 16.4. The molecule has 1 fully saturated rings. The summed E-state index contributed by atoms with van der Waals surface area (Å²) in [6.07, 6.45) is 2.29. The number of H-pyrrole nitrogens is 1. The van der Waals surface area contributed by atoms with Crippen LogP contribution in [0.3, 0.4) is 0 Å². The van der Waals surface area contributed by atoms with E-state index in [-0.39, 0.29) is 17.9 Å². The zero-order valence-electron chi connectivity index (χ0n) is 14.5. The van der Waals surface area contributed by atoms with Gasteiger partial charge in [0.1, 0.15) is 17.3 Å². The van der Waals surface area contributed by atoms with Crippen molar-refractivity contribution in [1.82, 2.24) is 14.9 Å². The van der Waals surface area contributed by atoms with Gasteiger partial charge in [0.2, 0.25) is 5.91 Å². The molecular weight excluding hydrogens is 306 g/mol. The summed E-state index contributed by atoms with van der Waals surface area (Å²) in [4.78, 5) is 21.9. The van der Waals surface area contributed by atoms with E-state index in [0.29, 0.717) is 13.0 Å². The van der Waals surface area contributed by atoms with Crippen LogP contribution in [-0.2, 0) is 4.79 Å². The van der Waals surface area contributed by atoms with Gasteiger partial charge in [0.05, 0.1) is 26.1 Å². The number of nitrogens with one attached hydrogen (secondary N) is 1. The number of benzene rings is 1. The first-order valence-electron chi connectivity index (χ1n) is 8.10. The largest absolute Gasteiger partial charge is 0.497 e. The number of nitrogens with zero attached hydrogens (tertiary/aromatic N) is 2. The molecule has 6 nitrogen and oxygen atoms in total. The average Bonchev–Trinajstić information content (AvgIpc) is 3.20. The number of imidazole rings is 1. The van der Waals surface area contributed by atoms with Crippen LogP contribution in [0.25, 0.3) is 11.3 Å². The highest BCUT2D eigenvalue weighted by Crippen LogP contribution is 2.34. The third-order valence-corrected chi connectivity index (χ3v) is 4.46. The fourth-order valence-corrected chi connectivity index (χ4v) is 3.12. The molecule has 2 heterocycles. The summed E-state index contributed by atoms with van der Waals surface area (Å²) in [5.74, 6) is 2.63. The maximum atomic E-state index is 12.1. The topological polar surface area (TPSA) is 67.5 Å². The quantitative estimate of drug-likeness (QED) is 0.916. The molecule has 1 N–H and O–H groups in total. The number of carbonyl (C=O) groups is 1. The number of aromatic nitrogens is 2. The van der Waals surface area contributed by atoms with Crippen molar-refractivity contribution in [2.45, 2.75) is 32.2 Å². The van der Waals surface area contributed by atoms with Gasteiger partial charge in [0.25, 0.3) is 0 Å². The molecule has 1 aromatic carbocycles. The monoisotopic (exact) mass is 329 g/mol. The third kappa shape index (κ3) is 2.96. The molecule has 0 bridgehead atoms. The Morgan fingerprint density at radius 2 is 2.08 bits per heavy atom. The van der Waals surface area contributed by atoms with E-state index >= 15 is 0 Å². The summed E-state index contributed by atoms with van der Waals surface area (Å²) in [6.45, 7) is 4.78. The molecule has 1 aromatic heterocycles. The van der Waals surface area contributed by atoms with Crippen molar-refractivity contribution in [3.05, 3.63) is 30.2 Å². The maximum absolute atomic E-state index is 12.1. The van der Waals surface area contributed by atoms with Crippen LogP contribution in [0.5, 0.6) is 11.5 Å². The Hall–Kier alpha value is -2.50. The van der Waals surface area contributed by atoms with E-state index in [2.05, 4.69) is 9.97 Å². The number of ether oxygens (including phenoxy) is 2. The Kier molecular flexibility index (Phi) is 4.46. The highest BCUT2D eigenvalue weighted by molar-refractivity contribution is 5.80. The number of methoxy groups -OCH3 is 2. The predicted octanol–water partition coefficient (Wildman–Crippen LogP) is 2.82. The Morgan fingerprint density at radius 3 is 2.71 bits per heavy atom. The van der Waals surface area contributed by atoms with Crippen LogP contribution < -0.4 is 9.47 Å². The number of carbonyl (C=O) groups excluding carboxylic acids is 1. The molecule has 1 aliphatic rings. The molecule has 0 aliphatic carbocycles. The minimum Gasteiger partial charge on any atom is -0.497 e. The van der Waals surface area contributed by atoms with Crippen molar-refractivity contribution in [3.8, 4) is 22.8 Å². The lowest BCUT2D eigenvalue weighted by molar-refractivity contribution is -0.129. The van der Waals surface area contributed by atoms with E-state index in [9.17, 15) is 4.79 Å². The Balaban J connectivity index is 1.88. The maximum Gasteiger partial charge on any atom is 0.223 e. The van der Waals surface area contributed by atoms with Gasteiger partial charge in [0.15, 0.2) is 0 Å². The van der Waals surface area contributed by atoms with E-state index in [4.69, 9.17) is 9.47 Å². The summed E-state index contributed by atoms with van der Waals surface area (Å²) >= 11 is 0. The number of likely N-dealkylation sites (tertiary alicyclic amines) is 1. The lowest BCUT2D eigenvalue weighted by Gasteiger charge is -2.20. The summed E-state index contributed by atoms with van der Waals surface area (Å²) in [5.41, 5.74) is 1.75. The molecule has 1 amide bonds. The fourth-order valence-electron chi connectivity index (χ4n) is 3.12. The van der Waals surface area contributed by atoms with Crippen LogP contribution in [0.15, 0.2) is 24.4 Å². The Labute approximate surface area is 141 Å². The van der Waals surface area contributed by atoms with E-state index in [1.165, 1.54) is 0 Å². The molecule has 1 saturated heterocycles. The molecule has 2 aromatic rings. The molecule has 0 saturated carbocycles. The lowest BCUT2D eigenvalue weighted by Crippen LogP contribution is -2.31. The normalized spacial score (nSPS) is 17.6. The molecule has 3 rings (SSSR count). The molecule has 1 atom stereocenters. The van der Waals surface area contributed by atoms with Crippen molar-refractivity contribution in [2.75, 3.05) is 20.8 Å². The first-order chi connectivity index (χ1) is 11.5. The van der Waals surface area contributed by atoms with Crippen molar-refractivity contribution in [3.63, 3.8) is 0 Å². The van der Waals surface area contributed by atoms with Crippen molar-refractivity contribution in [1.29, 1.82) is 0 Å². The standard InChI is InChI=1S/C18H23N3O3/c1-11(2)21-10-12(7-17(21)22)18-19-9-15(20-18)14-8-13(23-3)5-6-16(14)24-4/h5-6,8-9,11-12H,7,10H2,1-4H3,(H,19,20). The molecule has 128 valence electrons. The molecular formula is C18H23N3O3. The summed E-state index contributed by atoms with van der Waals surface area (Å²) < 4.78 is 10.7.